The van der Waals surface area contributed by atoms with E-state index in [9.17, 15) is 4.79 Å². The highest BCUT2D eigenvalue weighted by Gasteiger charge is 2.53. The zero-order valence-electron chi connectivity index (χ0n) is 15.9. The molecule has 0 radical (unpaired) electrons. The van der Waals surface area contributed by atoms with Crippen LogP contribution in [0, 0.1) is 11.3 Å². The Kier molecular flexibility index (Phi) is 4.25. The molecular weight excluding hydrogens is 336 g/mol. The van der Waals surface area contributed by atoms with Gasteiger partial charge >= 0.3 is 0 Å². The van der Waals surface area contributed by atoms with E-state index in [1.165, 1.54) is 37.7 Å². The van der Waals surface area contributed by atoms with E-state index in [0.29, 0.717) is 18.2 Å². The Morgan fingerprint density at radius 2 is 2.00 bits per heavy atom. The number of benzene rings is 1. The van der Waals surface area contributed by atoms with Crippen LogP contribution < -0.4 is 0 Å². The number of likely N-dealkylation sites (tertiary alicyclic amines) is 1. The molecular formula is C22H28N4O. The molecule has 27 heavy (non-hydrogen) atoms. The van der Waals surface area contributed by atoms with Crippen LogP contribution in [0.25, 0.3) is 0 Å². The lowest BCUT2D eigenvalue weighted by atomic mass is 9.62. The van der Waals surface area contributed by atoms with E-state index in [1.807, 2.05) is 24.5 Å². The summed E-state index contributed by atoms with van der Waals surface area (Å²) in [5, 5.41) is 8.75. The van der Waals surface area contributed by atoms with E-state index in [2.05, 4.69) is 31.8 Å². The van der Waals surface area contributed by atoms with Gasteiger partial charge in [0.25, 0.3) is 0 Å². The third kappa shape index (κ3) is 3.28. The maximum absolute atomic E-state index is 12.9. The first kappa shape index (κ1) is 17.0. The second kappa shape index (κ2) is 6.77. The average molecular weight is 364 g/mol. The summed E-state index contributed by atoms with van der Waals surface area (Å²) in [4.78, 5) is 15.0. The molecule has 2 aliphatic carbocycles. The van der Waals surface area contributed by atoms with Gasteiger partial charge < -0.3 is 9.47 Å². The second-order valence-corrected chi connectivity index (χ2v) is 8.81. The molecule has 0 bridgehead atoms. The van der Waals surface area contributed by atoms with Crippen molar-refractivity contribution in [2.75, 3.05) is 13.1 Å². The molecule has 1 aliphatic heterocycles. The van der Waals surface area contributed by atoms with Crippen LogP contribution in [-0.4, -0.2) is 38.7 Å². The van der Waals surface area contributed by atoms with E-state index >= 15 is 0 Å². The van der Waals surface area contributed by atoms with Gasteiger partial charge in [0, 0.05) is 32.0 Å². The Balaban J connectivity index is 1.29. The zero-order valence-corrected chi connectivity index (χ0v) is 15.9. The maximum Gasteiger partial charge on any atom is 0.222 e. The van der Waals surface area contributed by atoms with Crippen LogP contribution in [0.1, 0.15) is 55.8 Å². The van der Waals surface area contributed by atoms with Gasteiger partial charge in [-0.15, -0.1) is 10.2 Å². The monoisotopic (exact) mass is 364 g/mol. The number of hydrogen-bond donors (Lipinski definition) is 0. The minimum atomic E-state index is 0.247. The molecule has 2 heterocycles. The molecule has 3 aliphatic rings. The van der Waals surface area contributed by atoms with Gasteiger partial charge in [0.1, 0.15) is 12.2 Å². The summed E-state index contributed by atoms with van der Waals surface area (Å²) in [6.07, 6.45) is 9.70. The van der Waals surface area contributed by atoms with E-state index in [4.69, 9.17) is 0 Å². The van der Waals surface area contributed by atoms with E-state index in [1.54, 1.807) is 0 Å². The van der Waals surface area contributed by atoms with Crippen molar-refractivity contribution < 1.29 is 4.79 Å². The summed E-state index contributed by atoms with van der Waals surface area (Å²) >= 11 is 0. The lowest BCUT2D eigenvalue weighted by Crippen LogP contribution is -2.38. The normalized spacial score (nSPS) is 23.6. The van der Waals surface area contributed by atoms with Gasteiger partial charge in [-0.25, -0.2) is 0 Å². The van der Waals surface area contributed by atoms with Crippen LogP contribution in [0.4, 0.5) is 0 Å². The Bertz CT molecular complexity index is 807. The molecule has 1 spiro atoms. The third-order valence-corrected chi connectivity index (χ3v) is 6.93. The van der Waals surface area contributed by atoms with Gasteiger partial charge in [0.05, 0.1) is 0 Å². The molecule has 5 heteroatoms. The van der Waals surface area contributed by atoms with Gasteiger partial charge in [-0.1, -0.05) is 36.8 Å². The first-order chi connectivity index (χ1) is 13.2. The standard InChI is InChI=1S/C22H28N4O/c27-20(10-9-17-5-2-1-3-6-17)25-14-19(22(15-25)11-4-12-22)21-24-23-16-26(21)13-18-7-8-18/h1-3,5-6,16,18-19H,4,7-15H2. The van der Waals surface area contributed by atoms with E-state index in [0.717, 1.165) is 37.8 Å². The van der Waals surface area contributed by atoms with Crippen molar-refractivity contribution in [2.45, 2.75) is 57.4 Å². The number of hydrogen-bond acceptors (Lipinski definition) is 3. The molecule has 142 valence electrons. The average Bonchev–Trinajstić information content (AvgIpc) is 3.19. The zero-order chi connectivity index (χ0) is 18.3. The smallest absolute Gasteiger partial charge is 0.222 e. The highest BCUT2D eigenvalue weighted by molar-refractivity contribution is 5.77. The third-order valence-electron chi connectivity index (χ3n) is 6.93. The number of aromatic nitrogens is 3. The van der Waals surface area contributed by atoms with E-state index < -0.39 is 0 Å². The summed E-state index contributed by atoms with van der Waals surface area (Å²) in [5.74, 6) is 2.58. The molecule has 2 aromatic rings. The Morgan fingerprint density at radius 3 is 2.70 bits per heavy atom. The summed E-state index contributed by atoms with van der Waals surface area (Å²) in [7, 11) is 0. The molecule has 5 rings (SSSR count). The molecule has 1 amide bonds. The molecule has 3 fully saturated rings. The van der Waals surface area contributed by atoms with Crippen LogP contribution in [0.5, 0.6) is 0 Å². The fourth-order valence-electron chi connectivity index (χ4n) is 4.96. The van der Waals surface area contributed by atoms with Crippen molar-refractivity contribution in [3.05, 3.63) is 48.0 Å². The largest absolute Gasteiger partial charge is 0.341 e. The molecule has 2 saturated carbocycles. The molecule has 1 aromatic heterocycles. The van der Waals surface area contributed by atoms with Crippen LogP contribution in [0.3, 0.4) is 0 Å². The number of carbonyl (C=O) groups is 1. The topological polar surface area (TPSA) is 51.0 Å². The number of aryl methyl sites for hydroxylation is 1. The highest BCUT2D eigenvalue weighted by atomic mass is 16.2. The second-order valence-electron chi connectivity index (χ2n) is 8.81. The first-order valence-electron chi connectivity index (χ1n) is 10.4. The number of nitrogens with zero attached hydrogens (tertiary/aromatic N) is 4. The fraction of sp³-hybridized carbons (Fsp3) is 0.591. The lowest BCUT2D eigenvalue weighted by Gasteiger charge is -2.42. The summed E-state index contributed by atoms with van der Waals surface area (Å²) in [5.41, 5.74) is 1.49. The highest BCUT2D eigenvalue weighted by Crippen LogP contribution is 2.55. The quantitative estimate of drug-likeness (QED) is 0.789. The number of carbonyl (C=O) groups excluding carboxylic acids is 1. The molecule has 1 atom stereocenters. The van der Waals surface area contributed by atoms with Crippen LogP contribution in [0.15, 0.2) is 36.7 Å². The van der Waals surface area contributed by atoms with Gasteiger partial charge in [-0.3, -0.25) is 4.79 Å². The SMILES string of the molecule is O=C(CCc1ccccc1)N1CC(c2nncn2CC2CC2)C2(CCC2)C1. The van der Waals surface area contributed by atoms with Gasteiger partial charge in [-0.05, 0) is 49.0 Å². The predicted octanol–water partition coefficient (Wildman–Crippen LogP) is 3.42. The first-order valence-corrected chi connectivity index (χ1v) is 10.4. The number of rotatable bonds is 6. The Morgan fingerprint density at radius 1 is 1.19 bits per heavy atom. The fourth-order valence-corrected chi connectivity index (χ4v) is 4.96. The predicted molar refractivity (Wildman–Crippen MR) is 103 cm³/mol. The van der Waals surface area contributed by atoms with Crippen molar-refractivity contribution in [3.8, 4) is 0 Å². The van der Waals surface area contributed by atoms with Gasteiger partial charge in [0.15, 0.2) is 0 Å². The Hall–Kier alpha value is -2.17. The van der Waals surface area contributed by atoms with Crippen molar-refractivity contribution in [1.82, 2.24) is 19.7 Å². The summed E-state index contributed by atoms with van der Waals surface area (Å²) in [6, 6.07) is 10.3. The Labute approximate surface area is 160 Å². The molecule has 5 nitrogen and oxygen atoms in total. The van der Waals surface area contributed by atoms with Crippen molar-refractivity contribution in [2.24, 2.45) is 11.3 Å². The lowest BCUT2D eigenvalue weighted by molar-refractivity contribution is -0.130. The van der Waals surface area contributed by atoms with Crippen LogP contribution in [0.2, 0.25) is 0 Å². The molecule has 0 N–H and O–H groups in total. The number of amides is 1. The molecule has 1 aromatic carbocycles. The summed E-state index contributed by atoms with van der Waals surface area (Å²) < 4.78 is 2.28. The van der Waals surface area contributed by atoms with Crippen LogP contribution >= 0.6 is 0 Å². The van der Waals surface area contributed by atoms with Gasteiger partial charge in [-0.2, -0.15) is 0 Å². The van der Waals surface area contributed by atoms with E-state index in [-0.39, 0.29) is 5.41 Å². The minimum Gasteiger partial charge on any atom is -0.341 e. The van der Waals surface area contributed by atoms with Gasteiger partial charge in [0.2, 0.25) is 5.91 Å². The summed E-state index contributed by atoms with van der Waals surface area (Å²) in [6.45, 7) is 2.77. The maximum atomic E-state index is 12.9. The van der Waals surface area contributed by atoms with Crippen molar-refractivity contribution >= 4 is 5.91 Å². The van der Waals surface area contributed by atoms with Crippen molar-refractivity contribution in [3.63, 3.8) is 0 Å². The molecule has 1 saturated heterocycles. The van der Waals surface area contributed by atoms with Crippen molar-refractivity contribution in [1.29, 1.82) is 0 Å². The molecule has 1 unspecified atom stereocenters. The minimum absolute atomic E-state index is 0.247. The van der Waals surface area contributed by atoms with Crippen LogP contribution in [-0.2, 0) is 17.8 Å².